The zero-order valence-corrected chi connectivity index (χ0v) is 15.6. The zero-order valence-electron chi connectivity index (χ0n) is 15.6. The van der Waals surface area contributed by atoms with Crippen molar-refractivity contribution in [2.75, 3.05) is 26.2 Å². The number of imidazole rings is 1. The summed E-state index contributed by atoms with van der Waals surface area (Å²) in [5, 5.41) is 10.1. The third-order valence-corrected chi connectivity index (χ3v) is 4.63. The number of hydrogen-bond acceptors (Lipinski definition) is 5. The summed E-state index contributed by atoms with van der Waals surface area (Å²) in [4.78, 5) is 30.0. The minimum Gasteiger partial charge on any atom is -0.385 e. The van der Waals surface area contributed by atoms with Crippen molar-refractivity contribution in [2.45, 2.75) is 26.6 Å². The Hall–Kier alpha value is -1.97. The van der Waals surface area contributed by atoms with Gasteiger partial charge in [0.15, 0.2) is 11.2 Å². The molecule has 2 aromatic rings. The predicted octanol–water partition coefficient (Wildman–Crippen LogP) is -2.23. The highest BCUT2D eigenvalue weighted by molar-refractivity contribution is 5.70. The highest BCUT2D eigenvalue weighted by Gasteiger charge is 2.18. The molecule has 2 aromatic heterocycles. The highest BCUT2D eigenvalue weighted by atomic mass is 16.5. The lowest BCUT2D eigenvalue weighted by molar-refractivity contribution is -0.899. The number of ether oxygens (including phenoxy) is 1. The molecule has 0 aliphatic rings. The summed E-state index contributed by atoms with van der Waals surface area (Å²) >= 11 is 0. The molecule has 0 saturated carbocycles. The summed E-state index contributed by atoms with van der Waals surface area (Å²) in [5.41, 5.74) is -0.108. The van der Waals surface area contributed by atoms with Crippen LogP contribution in [0.1, 0.15) is 19.7 Å². The molecule has 0 aliphatic heterocycles. The summed E-state index contributed by atoms with van der Waals surface area (Å²) in [6.07, 6.45) is -0.554. The van der Waals surface area contributed by atoms with Crippen molar-refractivity contribution < 1.29 is 14.7 Å². The number of aliphatic hydroxyl groups is 1. The maximum atomic E-state index is 12.3. The van der Waals surface area contributed by atoms with E-state index in [0.29, 0.717) is 23.5 Å². The average Bonchev–Trinajstić information content (AvgIpc) is 2.93. The van der Waals surface area contributed by atoms with E-state index in [0.717, 1.165) is 17.7 Å². The Morgan fingerprint density at radius 1 is 1.12 bits per heavy atom. The topological polar surface area (TPSA) is 95.7 Å². The first kappa shape index (κ1) is 19.4. The molecule has 1 unspecified atom stereocenters. The molecule has 9 heteroatoms. The number of hydrogen-bond donors (Lipinski definition) is 2. The molecule has 140 valence electrons. The number of aliphatic hydroxyl groups excluding tert-OH is 1. The van der Waals surface area contributed by atoms with Crippen LogP contribution in [0.2, 0.25) is 0 Å². The molecule has 0 radical (unpaired) electrons. The second-order valence-corrected chi connectivity index (χ2v) is 6.30. The van der Waals surface area contributed by atoms with E-state index in [1.54, 1.807) is 18.7 Å². The molecule has 0 saturated heterocycles. The fraction of sp³-hybridized carbons (Fsp3) is 0.688. The quantitative estimate of drug-likeness (QED) is 0.560. The van der Waals surface area contributed by atoms with Gasteiger partial charge in [-0.2, -0.15) is 0 Å². The summed E-state index contributed by atoms with van der Waals surface area (Å²) < 4.78 is 9.62. The largest absolute Gasteiger partial charge is 0.385 e. The molecule has 2 N–H and O–H groups in total. The number of quaternary nitrogens is 1. The van der Waals surface area contributed by atoms with Gasteiger partial charge in [-0.1, -0.05) is 0 Å². The van der Waals surface area contributed by atoms with Gasteiger partial charge < -0.3 is 19.3 Å². The Bertz CT molecular complexity index is 847. The van der Waals surface area contributed by atoms with Gasteiger partial charge in [0.05, 0.1) is 19.7 Å². The monoisotopic (exact) mass is 354 g/mol. The van der Waals surface area contributed by atoms with Crippen molar-refractivity contribution in [3.63, 3.8) is 0 Å². The molecule has 0 fully saturated rings. The number of likely N-dealkylation sites (N-methyl/N-ethyl adjacent to an activating group) is 1. The van der Waals surface area contributed by atoms with Crippen LogP contribution in [0.3, 0.4) is 0 Å². The van der Waals surface area contributed by atoms with Crippen molar-refractivity contribution in [1.82, 2.24) is 18.7 Å². The Balaban J connectivity index is 2.14. The van der Waals surface area contributed by atoms with Crippen molar-refractivity contribution in [2.24, 2.45) is 21.1 Å². The summed E-state index contributed by atoms with van der Waals surface area (Å²) in [6.45, 7) is 7.06. The second kappa shape index (κ2) is 7.94. The van der Waals surface area contributed by atoms with Gasteiger partial charge in [-0.3, -0.25) is 13.9 Å². The van der Waals surface area contributed by atoms with Crippen molar-refractivity contribution in [3.8, 4) is 0 Å². The fourth-order valence-electron chi connectivity index (χ4n) is 2.91. The molecule has 0 aliphatic carbocycles. The SMILES string of the molecule is CC[NH+](CC)CC(O)COCc1nc2c(c(=O)n(C)c(=O)n2C)n1C. The van der Waals surface area contributed by atoms with E-state index in [4.69, 9.17) is 4.74 Å². The van der Waals surface area contributed by atoms with E-state index < -0.39 is 11.8 Å². The van der Waals surface area contributed by atoms with E-state index in [1.165, 1.54) is 16.5 Å². The van der Waals surface area contributed by atoms with Crippen LogP contribution < -0.4 is 16.1 Å². The van der Waals surface area contributed by atoms with E-state index in [1.807, 2.05) is 0 Å². The first-order valence-electron chi connectivity index (χ1n) is 8.52. The molecule has 25 heavy (non-hydrogen) atoms. The Kier molecular flexibility index (Phi) is 6.15. The minimum atomic E-state index is -0.554. The fourth-order valence-corrected chi connectivity index (χ4v) is 2.91. The summed E-state index contributed by atoms with van der Waals surface area (Å²) in [6, 6.07) is 0. The van der Waals surface area contributed by atoms with E-state index in [-0.39, 0.29) is 18.8 Å². The van der Waals surface area contributed by atoms with E-state index in [2.05, 4.69) is 18.8 Å². The second-order valence-electron chi connectivity index (χ2n) is 6.30. The zero-order chi connectivity index (χ0) is 18.7. The minimum absolute atomic E-state index is 0.160. The maximum absolute atomic E-state index is 12.3. The summed E-state index contributed by atoms with van der Waals surface area (Å²) in [7, 11) is 4.74. The molecule has 0 spiro atoms. The average molecular weight is 354 g/mol. The molecule has 0 amide bonds. The Morgan fingerprint density at radius 3 is 2.36 bits per heavy atom. The predicted molar refractivity (Wildman–Crippen MR) is 93.8 cm³/mol. The van der Waals surface area contributed by atoms with Crippen LogP contribution in [0.5, 0.6) is 0 Å². The molecular formula is C16H28N5O4+. The van der Waals surface area contributed by atoms with Gasteiger partial charge in [0.2, 0.25) is 0 Å². The molecule has 9 nitrogen and oxygen atoms in total. The summed E-state index contributed by atoms with van der Waals surface area (Å²) in [5.74, 6) is 0.538. The van der Waals surface area contributed by atoms with Gasteiger partial charge in [-0.25, -0.2) is 9.78 Å². The maximum Gasteiger partial charge on any atom is 0.332 e. The van der Waals surface area contributed by atoms with Crippen molar-refractivity contribution in [3.05, 3.63) is 26.7 Å². The first-order valence-corrected chi connectivity index (χ1v) is 8.52. The van der Waals surface area contributed by atoms with E-state index >= 15 is 0 Å². The Morgan fingerprint density at radius 2 is 1.76 bits per heavy atom. The number of fused-ring (bicyclic) bond motifs is 1. The van der Waals surface area contributed by atoms with Crippen LogP contribution in [-0.2, 0) is 32.5 Å². The van der Waals surface area contributed by atoms with Crippen molar-refractivity contribution >= 4 is 11.2 Å². The Labute approximate surface area is 146 Å². The van der Waals surface area contributed by atoms with Gasteiger partial charge >= 0.3 is 5.69 Å². The third-order valence-electron chi connectivity index (χ3n) is 4.63. The van der Waals surface area contributed by atoms with Gasteiger partial charge in [0.25, 0.3) is 5.56 Å². The number of nitrogens with one attached hydrogen (secondary N) is 1. The van der Waals surface area contributed by atoms with Gasteiger partial charge in [0, 0.05) is 21.1 Å². The van der Waals surface area contributed by atoms with Crippen molar-refractivity contribution in [1.29, 1.82) is 0 Å². The van der Waals surface area contributed by atoms with Crippen LogP contribution in [0.25, 0.3) is 11.2 Å². The lowest BCUT2D eigenvalue weighted by Crippen LogP contribution is -3.12. The van der Waals surface area contributed by atoms with Gasteiger partial charge in [-0.05, 0) is 13.8 Å². The van der Waals surface area contributed by atoms with Crippen LogP contribution >= 0.6 is 0 Å². The van der Waals surface area contributed by atoms with Crippen LogP contribution in [0, 0.1) is 0 Å². The number of rotatable bonds is 8. The lowest BCUT2D eigenvalue weighted by atomic mass is 10.3. The third kappa shape index (κ3) is 3.83. The highest BCUT2D eigenvalue weighted by Crippen LogP contribution is 2.09. The molecule has 2 heterocycles. The van der Waals surface area contributed by atoms with Crippen LogP contribution in [-0.4, -0.2) is 56.1 Å². The molecule has 0 aromatic carbocycles. The van der Waals surface area contributed by atoms with Gasteiger partial charge in [0.1, 0.15) is 25.1 Å². The normalized spacial score (nSPS) is 13.1. The number of nitrogens with zero attached hydrogens (tertiary/aromatic N) is 4. The standard InChI is InChI=1S/C16H27N5O4/c1-6-21(7-2)8-11(22)9-25-10-12-17-14-13(18(12)3)15(23)20(5)16(24)19(14)4/h11,22H,6-10H2,1-5H3/p+1. The molecule has 0 bridgehead atoms. The molecular weight excluding hydrogens is 326 g/mol. The smallest absolute Gasteiger partial charge is 0.332 e. The molecule has 1 atom stereocenters. The molecule has 2 rings (SSSR count). The number of aromatic nitrogens is 4. The van der Waals surface area contributed by atoms with Crippen LogP contribution in [0.4, 0.5) is 0 Å². The van der Waals surface area contributed by atoms with Crippen LogP contribution in [0.15, 0.2) is 9.59 Å². The lowest BCUT2D eigenvalue weighted by Gasteiger charge is -2.19. The van der Waals surface area contributed by atoms with E-state index in [9.17, 15) is 14.7 Å². The number of aryl methyl sites for hydroxylation is 2. The first-order chi connectivity index (χ1) is 11.8. The van der Waals surface area contributed by atoms with Gasteiger partial charge in [-0.15, -0.1) is 0 Å².